The van der Waals surface area contributed by atoms with Gasteiger partial charge in [0.2, 0.25) is 0 Å². The van der Waals surface area contributed by atoms with E-state index in [0.717, 1.165) is 18.7 Å². The van der Waals surface area contributed by atoms with Crippen LogP contribution in [0.2, 0.25) is 0 Å². The van der Waals surface area contributed by atoms with E-state index in [1.54, 1.807) is 12.1 Å². The molecule has 0 spiro atoms. The minimum absolute atomic E-state index is 0.0122. The van der Waals surface area contributed by atoms with Crippen LogP contribution in [-0.4, -0.2) is 36.7 Å². The van der Waals surface area contributed by atoms with Crippen molar-refractivity contribution in [1.29, 1.82) is 0 Å². The fourth-order valence-electron chi connectivity index (χ4n) is 2.48. The number of rotatable bonds is 2. The molecule has 6 heteroatoms. The lowest BCUT2D eigenvalue weighted by Gasteiger charge is -2.22. The molecular formula is C13H15N3O3. The molecule has 0 saturated heterocycles. The number of aliphatic hydroxyl groups excluding tert-OH is 1. The molecule has 3 rings (SSSR count). The van der Waals surface area contributed by atoms with Gasteiger partial charge in [-0.15, -0.1) is 10.2 Å². The summed E-state index contributed by atoms with van der Waals surface area (Å²) < 4.78 is 1.94. The predicted octanol–water partition coefficient (Wildman–Crippen LogP) is 0.911. The van der Waals surface area contributed by atoms with Crippen LogP contribution in [0.25, 0.3) is 11.4 Å². The number of fused-ring (bicyclic) bond motifs is 1. The molecule has 2 heterocycles. The molecule has 1 aromatic carbocycles. The van der Waals surface area contributed by atoms with E-state index in [2.05, 4.69) is 10.2 Å². The summed E-state index contributed by atoms with van der Waals surface area (Å²) in [6, 6.07) is 4.35. The van der Waals surface area contributed by atoms with Crippen molar-refractivity contribution in [1.82, 2.24) is 14.8 Å². The number of benzene rings is 1. The van der Waals surface area contributed by atoms with Crippen LogP contribution in [0.5, 0.6) is 11.5 Å². The zero-order valence-electron chi connectivity index (χ0n) is 10.3. The van der Waals surface area contributed by atoms with Crippen LogP contribution in [0.4, 0.5) is 0 Å². The lowest BCUT2D eigenvalue weighted by Crippen LogP contribution is -2.23. The Balaban J connectivity index is 2.04. The molecule has 100 valence electrons. The van der Waals surface area contributed by atoms with Crippen LogP contribution in [0.15, 0.2) is 18.2 Å². The molecular weight excluding hydrogens is 246 g/mol. The minimum atomic E-state index is -0.0122. The third-order valence-corrected chi connectivity index (χ3v) is 3.46. The van der Waals surface area contributed by atoms with Crippen LogP contribution < -0.4 is 0 Å². The van der Waals surface area contributed by atoms with Crippen LogP contribution in [0, 0.1) is 5.92 Å². The molecule has 1 aliphatic rings. The van der Waals surface area contributed by atoms with Gasteiger partial charge in [-0.25, -0.2) is 0 Å². The van der Waals surface area contributed by atoms with Gasteiger partial charge in [0, 0.05) is 37.1 Å². The average Bonchev–Trinajstić information content (AvgIpc) is 2.80. The van der Waals surface area contributed by atoms with Gasteiger partial charge < -0.3 is 19.9 Å². The third-order valence-electron chi connectivity index (χ3n) is 3.46. The number of aryl methyl sites for hydroxylation is 1. The first-order valence-corrected chi connectivity index (χ1v) is 6.23. The molecule has 0 bridgehead atoms. The van der Waals surface area contributed by atoms with Gasteiger partial charge >= 0.3 is 0 Å². The normalized spacial score (nSPS) is 18.3. The van der Waals surface area contributed by atoms with Crippen molar-refractivity contribution in [2.24, 2.45) is 5.92 Å². The lowest BCUT2D eigenvalue weighted by molar-refractivity contribution is 0.191. The number of hydrogen-bond donors (Lipinski definition) is 3. The monoisotopic (exact) mass is 261 g/mol. The molecule has 19 heavy (non-hydrogen) atoms. The second-order valence-corrected chi connectivity index (χ2v) is 4.88. The number of aromatic hydroxyl groups is 2. The van der Waals surface area contributed by atoms with Crippen molar-refractivity contribution in [2.45, 2.75) is 19.4 Å². The predicted molar refractivity (Wildman–Crippen MR) is 67.7 cm³/mol. The molecule has 2 aromatic rings. The molecule has 3 N–H and O–H groups in total. The van der Waals surface area contributed by atoms with Gasteiger partial charge in [-0.05, 0) is 18.6 Å². The minimum Gasteiger partial charge on any atom is -0.508 e. The first-order chi connectivity index (χ1) is 9.17. The average molecular weight is 261 g/mol. The number of phenols is 2. The standard InChI is InChI=1S/C13H15N3O3/c17-7-8-1-2-12-14-15-13(16(12)6-8)9-3-10(18)5-11(19)4-9/h3-5,8,17-19H,1-2,6-7H2. The highest BCUT2D eigenvalue weighted by Gasteiger charge is 2.23. The highest BCUT2D eigenvalue weighted by Crippen LogP contribution is 2.30. The Hall–Kier alpha value is -2.08. The Morgan fingerprint density at radius 2 is 1.89 bits per heavy atom. The first kappa shape index (κ1) is 12.0. The second kappa shape index (κ2) is 4.55. The molecule has 0 radical (unpaired) electrons. The van der Waals surface area contributed by atoms with E-state index in [4.69, 9.17) is 0 Å². The maximum absolute atomic E-state index is 9.54. The van der Waals surface area contributed by atoms with Crippen molar-refractivity contribution in [3.05, 3.63) is 24.0 Å². The Labute approximate surface area is 110 Å². The maximum atomic E-state index is 9.54. The van der Waals surface area contributed by atoms with Crippen molar-refractivity contribution in [2.75, 3.05) is 6.61 Å². The summed E-state index contributed by atoms with van der Waals surface area (Å²) in [5.41, 5.74) is 0.620. The molecule has 0 fully saturated rings. The molecule has 6 nitrogen and oxygen atoms in total. The summed E-state index contributed by atoms with van der Waals surface area (Å²) >= 11 is 0. The molecule has 0 aliphatic carbocycles. The number of aromatic nitrogens is 3. The topological polar surface area (TPSA) is 91.4 Å². The van der Waals surface area contributed by atoms with Gasteiger partial charge in [-0.1, -0.05) is 0 Å². The van der Waals surface area contributed by atoms with Crippen LogP contribution >= 0.6 is 0 Å². The molecule has 0 saturated carbocycles. The summed E-state index contributed by atoms with van der Waals surface area (Å²) in [5.74, 6) is 1.67. The highest BCUT2D eigenvalue weighted by molar-refractivity contribution is 5.60. The van der Waals surface area contributed by atoms with Gasteiger partial charge in [-0.2, -0.15) is 0 Å². The number of hydrogen-bond acceptors (Lipinski definition) is 5. The zero-order valence-corrected chi connectivity index (χ0v) is 10.3. The lowest BCUT2D eigenvalue weighted by atomic mass is 10.00. The Kier molecular flexibility index (Phi) is 2.87. The number of aliphatic hydroxyl groups is 1. The fraction of sp³-hybridized carbons (Fsp3) is 0.385. The molecule has 1 atom stereocenters. The first-order valence-electron chi connectivity index (χ1n) is 6.23. The fourth-order valence-corrected chi connectivity index (χ4v) is 2.48. The SMILES string of the molecule is OCC1CCc2nnc(-c3cc(O)cc(O)c3)n2C1. The zero-order chi connectivity index (χ0) is 13.4. The summed E-state index contributed by atoms with van der Waals surface area (Å²) in [6.45, 7) is 0.799. The molecule has 1 unspecified atom stereocenters. The third kappa shape index (κ3) is 2.15. The van der Waals surface area contributed by atoms with E-state index in [9.17, 15) is 15.3 Å². The van der Waals surface area contributed by atoms with Gasteiger partial charge in [-0.3, -0.25) is 0 Å². The van der Waals surface area contributed by atoms with E-state index < -0.39 is 0 Å². The van der Waals surface area contributed by atoms with Gasteiger partial charge in [0.05, 0.1) is 0 Å². The Bertz CT molecular complexity index is 589. The van der Waals surface area contributed by atoms with E-state index >= 15 is 0 Å². The van der Waals surface area contributed by atoms with Gasteiger partial charge in [0.15, 0.2) is 5.82 Å². The van der Waals surface area contributed by atoms with Gasteiger partial charge in [0.25, 0.3) is 0 Å². The number of phenolic OH excluding ortho intramolecular Hbond substituents is 2. The summed E-state index contributed by atoms with van der Waals surface area (Å²) in [7, 11) is 0. The summed E-state index contributed by atoms with van der Waals surface area (Å²) in [6.07, 6.45) is 1.68. The van der Waals surface area contributed by atoms with Crippen LogP contribution in [0.1, 0.15) is 12.2 Å². The molecule has 0 amide bonds. The quantitative estimate of drug-likeness (QED) is 0.747. The van der Waals surface area contributed by atoms with E-state index in [1.807, 2.05) is 4.57 Å². The highest BCUT2D eigenvalue weighted by atomic mass is 16.3. The second-order valence-electron chi connectivity index (χ2n) is 4.88. The van der Waals surface area contributed by atoms with E-state index in [-0.39, 0.29) is 24.0 Å². The largest absolute Gasteiger partial charge is 0.508 e. The van der Waals surface area contributed by atoms with Crippen molar-refractivity contribution in [3.63, 3.8) is 0 Å². The molecule has 1 aliphatic heterocycles. The maximum Gasteiger partial charge on any atom is 0.164 e. The van der Waals surface area contributed by atoms with Crippen molar-refractivity contribution >= 4 is 0 Å². The van der Waals surface area contributed by atoms with E-state index in [1.165, 1.54) is 6.07 Å². The number of nitrogens with zero attached hydrogens (tertiary/aromatic N) is 3. The summed E-state index contributed by atoms with van der Waals surface area (Å²) in [5, 5.41) is 36.6. The Morgan fingerprint density at radius 3 is 2.58 bits per heavy atom. The molecule has 1 aromatic heterocycles. The van der Waals surface area contributed by atoms with Crippen LogP contribution in [0.3, 0.4) is 0 Å². The van der Waals surface area contributed by atoms with E-state index in [0.29, 0.717) is 17.9 Å². The van der Waals surface area contributed by atoms with Crippen LogP contribution in [-0.2, 0) is 13.0 Å². The smallest absolute Gasteiger partial charge is 0.164 e. The van der Waals surface area contributed by atoms with Gasteiger partial charge in [0.1, 0.15) is 17.3 Å². The summed E-state index contributed by atoms with van der Waals surface area (Å²) in [4.78, 5) is 0. The van der Waals surface area contributed by atoms with Crippen molar-refractivity contribution in [3.8, 4) is 22.9 Å². The Morgan fingerprint density at radius 1 is 1.16 bits per heavy atom. The van der Waals surface area contributed by atoms with Crippen molar-refractivity contribution < 1.29 is 15.3 Å².